The number of nitrogens with one attached hydrogen (secondary N) is 2. The number of H-pyrrole nitrogens is 1. The molecule has 2 rings (SSSR count). The second-order valence-electron chi connectivity index (χ2n) is 4.90. The van der Waals surface area contributed by atoms with Crippen LogP contribution >= 0.6 is 11.8 Å². The number of methoxy groups -OCH3 is 1. The van der Waals surface area contributed by atoms with E-state index in [1.54, 1.807) is 18.9 Å². The molecular weight excluding hydrogens is 302 g/mol. The van der Waals surface area contributed by atoms with Crippen LogP contribution in [-0.2, 0) is 11.2 Å². The number of aliphatic hydroxyl groups is 1. The number of ether oxygens (including phenoxy) is 1. The quantitative estimate of drug-likeness (QED) is 0.682. The molecule has 6 nitrogen and oxygen atoms in total. The second-order valence-corrected chi connectivity index (χ2v) is 5.89. The summed E-state index contributed by atoms with van der Waals surface area (Å²) in [6.45, 7) is 0.437. The van der Waals surface area contributed by atoms with Crippen molar-refractivity contribution >= 4 is 28.7 Å². The average Bonchev–Trinajstić information content (AvgIpc) is 2.93. The van der Waals surface area contributed by atoms with E-state index in [4.69, 9.17) is 4.74 Å². The second kappa shape index (κ2) is 8.05. The van der Waals surface area contributed by atoms with Gasteiger partial charge in [-0.2, -0.15) is 11.8 Å². The van der Waals surface area contributed by atoms with E-state index >= 15 is 0 Å². The third kappa shape index (κ3) is 4.38. The number of carbonyl (C=O) groups excluding carboxylic acids is 1. The Labute approximate surface area is 133 Å². The summed E-state index contributed by atoms with van der Waals surface area (Å²) in [6, 6.07) is 5.63. The number of hydrogen-bond acceptors (Lipinski definition) is 5. The molecule has 0 aliphatic heterocycles. The Morgan fingerprint density at radius 1 is 1.55 bits per heavy atom. The van der Waals surface area contributed by atoms with Crippen LogP contribution in [0.15, 0.2) is 18.2 Å². The van der Waals surface area contributed by atoms with Gasteiger partial charge in [0.05, 0.1) is 18.1 Å². The van der Waals surface area contributed by atoms with Crippen molar-refractivity contribution in [3.05, 3.63) is 24.0 Å². The molecule has 1 aromatic carbocycles. The molecule has 0 fully saturated rings. The SMILES string of the molecule is COc1ccc2nc(CCNC(=O)[C@H](O)CCSC)[nH]c2c1. The summed E-state index contributed by atoms with van der Waals surface area (Å²) >= 11 is 1.61. The summed E-state index contributed by atoms with van der Waals surface area (Å²) < 4.78 is 5.17. The molecule has 1 amide bonds. The first kappa shape index (κ1) is 16.6. The average molecular weight is 323 g/mol. The van der Waals surface area contributed by atoms with Crippen molar-refractivity contribution in [1.82, 2.24) is 15.3 Å². The number of aliphatic hydroxyl groups excluding tert-OH is 1. The lowest BCUT2D eigenvalue weighted by molar-refractivity contribution is -0.129. The highest BCUT2D eigenvalue weighted by Gasteiger charge is 2.13. The maximum absolute atomic E-state index is 11.7. The van der Waals surface area contributed by atoms with E-state index in [-0.39, 0.29) is 5.91 Å². The molecule has 120 valence electrons. The third-order valence-electron chi connectivity index (χ3n) is 3.30. The fraction of sp³-hybridized carbons (Fsp3) is 0.467. The summed E-state index contributed by atoms with van der Waals surface area (Å²) in [5.74, 6) is 2.00. The topological polar surface area (TPSA) is 87.2 Å². The zero-order chi connectivity index (χ0) is 15.9. The van der Waals surface area contributed by atoms with Crippen LogP contribution in [0.2, 0.25) is 0 Å². The molecule has 0 saturated heterocycles. The van der Waals surface area contributed by atoms with Crippen LogP contribution in [0.1, 0.15) is 12.2 Å². The smallest absolute Gasteiger partial charge is 0.248 e. The number of amides is 1. The van der Waals surface area contributed by atoms with Gasteiger partial charge in [-0.3, -0.25) is 4.79 Å². The Morgan fingerprint density at radius 2 is 2.36 bits per heavy atom. The van der Waals surface area contributed by atoms with Crippen molar-refractivity contribution in [2.75, 3.05) is 25.7 Å². The number of imidazole rings is 1. The van der Waals surface area contributed by atoms with Crippen molar-refractivity contribution in [2.24, 2.45) is 0 Å². The molecule has 0 spiro atoms. The lowest BCUT2D eigenvalue weighted by Gasteiger charge is -2.09. The van der Waals surface area contributed by atoms with Crippen LogP contribution in [0.4, 0.5) is 0 Å². The number of rotatable bonds is 8. The molecule has 2 aromatic rings. The molecular formula is C15H21N3O3S. The van der Waals surface area contributed by atoms with E-state index < -0.39 is 6.10 Å². The van der Waals surface area contributed by atoms with E-state index in [0.29, 0.717) is 19.4 Å². The number of aromatic amines is 1. The summed E-state index contributed by atoms with van der Waals surface area (Å²) in [4.78, 5) is 19.3. The van der Waals surface area contributed by atoms with E-state index in [1.165, 1.54) is 0 Å². The van der Waals surface area contributed by atoms with Gasteiger partial charge < -0.3 is 20.1 Å². The third-order valence-corrected chi connectivity index (χ3v) is 3.94. The van der Waals surface area contributed by atoms with Crippen LogP contribution in [0.25, 0.3) is 11.0 Å². The van der Waals surface area contributed by atoms with Gasteiger partial charge in [0.15, 0.2) is 0 Å². The predicted molar refractivity (Wildman–Crippen MR) is 88.4 cm³/mol. The van der Waals surface area contributed by atoms with Crippen LogP contribution in [0.3, 0.4) is 0 Å². The highest BCUT2D eigenvalue weighted by Crippen LogP contribution is 2.18. The van der Waals surface area contributed by atoms with Gasteiger partial charge in [0.2, 0.25) is 5.91 Å². The van der Waals surface area contributed by atoms with E-state index in [1.807, 2.05) is 24.5 Å². The minimum absolute atomic E-state index is 0.327. The fourth-order valence-corrected chi connectivity index (χ4v) is 2.53. The van der Waals surface area contributed by atoms with Crippen LogP contribution in [0.5, 0.6) is 5.75 Å². The Morgan fingerprint density at radius 3 is 3.09 bits per heavy atom. The van der Waals surface area contributed by atoms with Gasteiger partial charge in [-0.1, -0.05) is 0 Å². The Balaban J connectivity index is 1.85. The highest BCUT2D eigenvalue weighted by molar-refractivity contribution is 7.98. The predicted octanol–water partition coefficient (Wildman–Crippen LogP) is 1.34. The lowest BCUT2D eigenvalue weighted by atomic mass is 10.2. The standard InChI is InChI=1S/C15H21N3O3S/c1-21-10-3-4-11-12(9-10)18-14(17-11)5-7-16-15(20)13(19)6-8-22-2/h3-4,9,13,19H,5-8H2,1-2H3,(H,16,20)(H,17,18)/t13-/m1/s1. The number of benzene rings is 1. The maximum atomic E-state index is 11.7. The van der Waals surface area contributed by atoms with Gasteiger partial charge in [0, 0.05) is 19.0 Å². The first-order valence-corrected chi connectivity index (χ1v) is 8.50. The minimum Gasteiger partial charge on any atom is -0.497 e. The molecule has 0 aliphatic rings. The van der Waals surface area contributed by atoms with Gasteiger partial charge in [-0.25, -0.2) is 4.98 Å². The number of nitrogens with zero attached hydrogens (tertiary/aromatic N) is 1. The Kier molecular flexibility index (Phi) is 6.09. The van der Waals surface area contributed by atoms with Crippen molar-refractivity contribution in [1.29, 1.82) is 0 Å². The normalized spacial score (nSPS) is 12.3. The Bertz CT molecular complexity index is 630. The number of fused-ring (bicyclic) bond motifs is 1. The molecule has 1 heterocycles. The molecule has 0 aliphatic carbocycles. The molecule has 22 heavy (non-hydrogen) atoms. The summed E-state index contributed by atoms with van der Waals surface area (Å²) in [6.07, 6.45) is 2.06. The fourth-order valence-electron chi connectivity index (χ4n) is 2.07. The molecule has 3 N–H and O–H groups in total. The first-order valence-electron chi connectivity index (χ1n) is 7.11. The van der Waals surface area contributed by atoms with Crippen LogP contribution < -0.4 is 10.1 Å². The molecule has 0 radical (unpaired) electrons. The lowest BCUT2D eigenvalue weighted by Crippen LogP contribution is -2.36. The first-order chi connectivity index (χ1) is 10.6. The van der Waals surface area contributed by atoms with Crippen LogP contribution in [0, 0.1) is 0 Å². The molecule has 0 saturated carbocycles. The van der Waals surface area contributed by atoms with E-state index in [2.05, 4.69) is 15.3 Å². The Hall–Kier alpha value is -1.73. The van der Waals surface area contributed by atoms with Gasteiger partial charge in [0.1, 0.15) is 17.7 Å². The van der Waals surface area contributed by atoms with E-state index in [9.17, 15) is 9.90 Å². The highest BCUT2D eigenvalue weighted by atomic mass is 32.2. The number of carbonyl (C=O) groups is 1. The zero-order valence-electron chi connectivity index (χ0n) is 12.8. The summed E-state index contributed by atoms with van der Waals surface area (Å²) in [7, 11) is 1.62. The number of hydrogen-bond donors (Lipinski definition) is 3. The van der Waals surface area contributed by atoms with Crippen molar-refractivity contribution in [3.63, 3.8) is 0 Å². The maximum Gasteiger partial charge on any atom is 0.248 e. The van der Waals surface area contributed by atoms with Crippen molar-refractivity contribution < 1.29 is 14.6 Å². The number of thioether (sulfide) groups is 1. The molecule has 1 atom stereocenters. The molecule has 1 aromatic heterocycles. The largest absolute Gasteiger partial charge is 0.497 e. The van der Waals surface area contributed by atoms with Gasteiger partial charge in [-0.15, -0.1) is 0 Å². The number of aromatic nitrogens is 2. The van der Waals surface area contributed by atoms with E-state index in [0.717, 1.165) is 28.4 Å². The molecule has 0 bridgehead atoms. The monoisotopic (exact) mass is 323 g/mol. The van der Waals surface area contributed by atoms with Gasteiger partial charge in [-0.05, 0) is 30.6 Å². The van der Waals surface area contributed by atoms with Crippen molar-refractivity contribution in [3.8, 4) is 5.75 Å². The zero-order valence-corrected chi connectivity index (χ0v) is 13.6. The van der Waals surface area contributed by atoms with Gasteiger partial charge >= 0.3 is 0 Å². The van der Waals surface area contributed by atoms with Gasteiger partial charge in [0.25, 0.3) is 0 Å². The van der Waals surface area contributed by atoms with Crippen molar-refractivity contribution in [2.45, 2.75) is 18.9 Å². The summed E-state index contributed by atoms with van der Waals surface area (Å²) in [5, 5.41) is 12.4. The minimum atomic E-state index is -0.938. The molecule has 7 heteroatoms. The molecule has 0 unspecified atom stereocenters. The summed E-state index contributed by atoms with van der Waals surface area (Å²) in [5.41, 5.74) is 1.77. The van der Waals surface area contributed by atoms with Crippen LogP contribution in [-0.4, -0.2) is 52.7 Å².